The number of aliphatic hydroxyl groups is 1. The summed E-state index contributed by atoms with van der Waals surface area (Å²) in [5.41, 5.74) is 1.41. The van der Waals surface area contributed by atoms with Crippen LogP contribution in [-0.4, -0.2) is 55.3 Å². The Morgan fingerprint density at radius 3 is 2.40 bits per heavy atom. The van der Waals surface area contributed by atoms with Crippen molar-refractivity contribution in [2.24, 2.45) is 0 Å². The normalized spacial score (nSPS) is 15.9. The van der Waals surface area contributed by atoms with E-state index in [0.717, 1.165) is 5.56 Å². The van der Waals surface area contributed by atoms with Crippen LogP contribution < -0.4 is 14.8 Å². The molecular formula is C22H29ClF2N2O3. The van der Waals surface area contributed by atoms with Crippen molar-refractivity contribution in [1.29, 1.82) is 0 Å². The fraction of sp³-hybridized carbons (Fsp3) is 0.455. The maximum atomic E-state index is 14.7. The number of halogens is 3. The third-order valence-corrected chi connectivity index (χ3v) is 4.95. The minimum absolute atomic E-state index is 0. The summed E-state index contributed by atoms with van der Waals surface area (Å²) < 4.78 is 41.0. The second kappa shape index (κ2) is 11.5. The number of benzene rings is 2. The molecule has 0 unspecified atom stereocenters. The minimum Gasteiger partial charge on any atom is -0.490 e. The molecule has 30 heavy (non-hydrogen) atoms. The molecule has 166 valence electrons. The standard InChI is InChI=1S/C22H28F2N2O3.ClH/c1-2-28-20-14-18(8-9-19(20)29-15-17-6-4-3-5-7-17)21(22(23,24)16-27)26-12-10-25-11-13-26;/h3-9,14,21,25,27H,2,10-13,15-16H2,1H3;1H/t21-;/m0./s1. The zero-order valence-electron chi connectivity index (χ0n) is 17.0. The van der Waals surface area contributed by atoms with E-state index in [-0.39, 0.29) is 12.4 Å². The monoisotopic (exact) mass is 442 g/mol. The first-order chi connectivity index (χ1) is 14.0. The number of ether oxygens (including phenoxy) is 2. The van der Waals surface area contributed by atoms with Crippen LogP contribution >= 0.6 is 12.4 Å². The lowest BCUT2D eigenvalue weighted by Crippen LogP contribution is -2.51. The molecule has 0 spiro atoms. The first-order valence-electron chi connectivity index (χ1n) is 9.92. The summed E-state index contributed by atoms with van der Waals surface area (Å²) >= 11 is 0. The molecule has 1 heterocycles. The number of piperazine rings is 1. The van der Waals surface area contributed by atoms with Crippen molar-refractivity contribution in [1.82, 2.24) is 10.2 Å². The quantitative estimate of drug-likeness (QED) is 0.620. The third kappa shape index (κ3) is 6.04. The molecule has 8 heteroatoms. The smallest absolute Gasteiger partial charge is 0.289 e. The van der Waals surface area contributed by atoms with Crippen LogP contribution in [0.4, 0.5) is 8.78 Å². The van der Waals surface area contributed by atoms with Crippen molar-refractivity contribution >= 4 is 12.4 Å². The molecule has 1 aliphatic rings. The molecule has 2 aromatic carbocycles. The highest BCUT2D eigenvalue weighted by Gasteiger charge is 2.44. The van der Waals surface area contributed by atoms with Gasteiger partial charge in [0.05, 0.1) is 6.61 Å². The van der Waals surface area contributed by atoms with E-state index in [1.165, 1.54) is 0 Å². The minimum atomic E-state index is -3.27. The molecule has 2 N–H and O–H groups in total. The van der Waals surface area contributed by atoms with Crippen molar-refractivity contribution in [3.05, 3.63) is 59.7 Å². The lowest BCUT2D eigenvalue weighted by atomic mass is 9.97. The van der Waals surface area contributed by atoms with Crippen LogP contribution in [0, 0.1) is 0 Å². The van der Waals surface area contributed by atoms with Gasteiger partial charge in [0.1, 0.15) is 19.3 Å². The zero-order valence-corrected chi connectivity index (χ0v) is 17.8. The van der Waals surface area contributed by atoms with Gasteiger partial charge in [0.15, 0.2) is 11.5 Å². The highest BCUT2D eigenvalue weighted by molar-refractivity contribution is 5.85. The van der Waals surface area contributed by atoms with Crippen molar-refractivity contribution in [2.75, 3.05) is 39.4 Å². The van der Waals surface area contributed by atoms with Gasteiger partial charge in [-0.25, -0.2) is 8.78 Å². The number of nitrogens with zero attached hydrogens (tertiary/aromatic N) is 1. The van der Waals surface area contributed by atoms with Crippen LogP contribution in [0.15, 0.2) is 48.5 Å². The second-order valence-electron chi connectivity index (χ2n) is 7.02. The highest BCUT2D eigenvalue weighted by Crippen LogP contribution is 2.40. The molecule has 1 saturated heterocycles. The summed E-state index contributed by atoms with van der Waals surface area (Å²) in [4.78, 5) is 1.71. The maximum absolute atomic E-state index is 14.7. The lowest BCUT2D eigenvalue weighted by molar-refractivity contribution is -0.118. The van der Waals surface area contributed by atoms with Gasteiger partial charge in [-0.15, -0.1) is 12.4 Å². The Labute approximate surface area is 182 Å². The van der Waals surface area contributed by atoms with Gasteiger partial charge in [0.2, 0.25) is 0 Å². The molecule has 0 amide bonds. The van der Waals surface area contributed by atoms with Gasteiger partial charge in [-0.2, -0.15) is 0 Å². The van der Waals surface area contributed by atoms with E-state index in [4.69, 9.17) is 9.47 Å². The first-order valence-corrected chi connectivity index (χ1v) is 9.92. The maximum Gasteiger partial charge on any atom is 0.289 e. The lowest BCUT2D eigenvalue weighted by Gasteiger charge is -2.38. The van der Waals surface area contributed by atoms with Crippen LogP contribution in [0.1, 0.15) is 24.1 Å². The van der Waals surface area contributed by atoms with Crippen molar-refractivity contribution < 1.29 is 23.4 Å². The molecule has 1 atom stereocenters. The number of aliphatic hydroxyl groups excluding tert-OH is 1. The Bertz CT molecular complexity index is 774. The van der Waals surface area contributed by atoms with Gasteiger partial charge >= 0.3 is 0 Å². The fourth-order valence-electron chi connectivity index (χ4n) is 3.57. The summed E-state index contributed by atoms with van der Waals surface area (Å²) in [7, 11) is 0. The van der Waals surface area contributed by atoms with E-state index in [1.54, 1.807) is 23.1 Å². The van der Waals surface area contributed by atoms with Gasteiger partial charge in [-0.3, -0.25) is 4.90 Å². The molecule has 1 aliphatic heterocycles. The summed E-state index contributed by atoms with van der Waals surface area (Å²) in [6, 6.07) is 13.4. The third-order valence-electron chi connectivity index (χ3n) is 4.95. The van der Waals surface area contributed by atoms with Crippen molar-refractivity contribution in [2.45, 2.75) is 25.5 Å². The molecule has 1 fully saturated rings. The summed E-state index contributed by atoms with van der Waals surface area (Å²) in [5.74, 6) is -2.34. The summed E-state index contributed by atoms with van der Waals surface area (Å²) in [6.07, 6.45) is 0. The number of alkyl halides is 2. The molecule has 0 bridgehead atoms. The van der Waals surface area contributed by atoms with E-state index >= 15 is 0 Å². The Hall–Kier alpha value is -1.93. The second-order valence-corrected chi connectivity index (χ2v) is 7.02. The van der Waals surface area contributed by atoms with E-state index in [0.29, 0.717) is 56.5 Å². The molecule has 3 rings (SSSR count). The van der Waals surface area contributed by atoms with Crippen LogP contribution in [0.2, 0.25) is 0 Å². The molecule has 0 aromatic heterocycles. The topological polar surface area (TPSA) is 54.0 Å². The van der Waals surface area contributed by atoms with E-state index < -0.39 is 18.6 Å². The summed E-state index contributed by atoms with van der Waals surface area (Å²) in [6.45, 7) is 3.60. The van der Waals surface area contributed by atoms with E-state index in [2.05, 4.69) is 5.32 Å². The Balaban J connectivity index is 0.00000320. The van der Waals surface area contributed by atoms with Gasteiger partial charge in [-0.1, -0.05) is 36.4 Å². The number of hydrogen-bond donors (Lipinski definition) is 2. The van der Waals surface area contributed by atoms with Crippen LogP contribution in [0.25, 0.3) is 0 Å². The molecule has 2 aromatic rings. The number of hydrogen-bond acceptors (Lipinski definition) is 5. The largest absolute Gasteiger partial charge is 0.490 e. The van der Waals surface area contributed by atoms with Gasteiger partial charge in [-0.05, 0) is 30.2 Å². The van der Waals surface area contributed by atoms with Crippen molar-refractivity contribution in [3.63, 3.8) is 0 Å². The molecule has 0 radical (unpaired) electrons. The molecule has 5 nitrogen and oxygen atoms in total. The van der Waals surface area contributed by atoms with Gasteiger partial charge in [0.25, 0.3) is 5.92 Å². The van der Waals surface area contributed by atoms with E-state index in [9.17, 15) is 13.9 Å². The Kier molecular flexibility index (Phi) is 9.30. The SMILES string of the molecule is CCOc1cc([C@H](N2CCNCC2)C(F)(F)CO)ccc1OCc1ccccc1.Cl. The Morgan fingerprint density at radius 2 is 1.77 bits per heavy atom. The van der Waals surface area contributed by atoms with Crippen LogP contribution in [-0.2, 0) is 6.61 Å². The van der Waals surface area contributed by atoms with Crippen LogP contribution in [0.3, 0.4) is 0 Å². The van der Waals surface area contributed by atoms with Gasteiger partial charge in [0, 0.05) is 26.2 Å². The predicted molar refractivity (Wildman–Crippen MR) is 115 cm³/mol. The van der Waals surface area contributed by atoms with Crippen molar-refractivity contribution in [3.8, 4) is 11.5 Å². The Morgan fingerprint density at radius 1 is 1.07 bits per heavy atom. The van der Waals surface area contributed by atoms with E-state index in [1.807, 2.05) is 37.3 Å². The molecule has 0 saturated carbocycles. The van der Waals surface area contributed by atoms with Gasteiger partial charge < -0.3 is 19.9 Å². The average Bonchev–Trinajstić information content (AvgIpc) is 2.75. The molecule has 0 aliphatic carbocycles. The highest BCUT2D eigenvalue weighted by atomic mass is 35.5. The number of rotatable bonds is 9. The predicted octanol–water partition coefficient (Wildman–Crippen LogP) is 3.66. The average molecular weight is 443 g/mol. The zero-order chi connectivity index (χ0) is 20.7. The summed E-state index contributed by atoms with van der Waals surface area (Å²) in [5, 5.41) is 12.5. The number of nitrogens with one attached hydrogen (secondary N) is 1. The molecular weight excluding hydrogens is 414 g/mol. The van der Waals surface area contributed by atoms with Crippen LogP contribution in [0.5, 0.6) is 11.5 Å². The fourth-order valence-corrected chi connectivity index (χ4v) is 3.57. The first kappa shape index (κ1) is 24.3.